The summed E-state index contributed by atoms with van der Waals surface area (Å²) < 4.78 is 1.76. The molecule has 3 aromatic rings. The molecule has 1 aromatic carbocycles. The van der Waals surface area contributed by atoms with E-state index in [0.717, 1.165) is 35.0 Å². The van der Waals surface area contributed by atoms with Gasteiger partial charge < -0.3 is 10.0 Å². The monoisotopic (exact) mass is 381 g/mol. The summed E-state index contributed by atoms with van der Waals surface area (Å²) in [5.41, 5.74) is 3.41. The number of aromatic nitrogens is 2. The van der Waals surface area contributed by atoms with Crippen LogP contribution in [0.4, 0.5) is 11.4 Å². The first-order valence-electron chi connectivity index (χ1n) is 8.86. The van der Waals surface area contributed by atoms with Crippen LogP contribution in [0.1, 0.15) is 25.1 Å². The van der Waals surface area contributed by atoms with Crippen molar-refractivity contribution in [1.29, 1.82) is 0 Å². The molecule has 0 aliphatic rings. The van der Waals surface area contributed by atoms with E-state index in [2.05, 4.69) is 33.8 Å². The third-order valence-corrected chi connectivity index (χ3v) is 5.11. The van der Waals surface area contributed by atoms with Crippen molar-refractivity contribution < 1.29 is 5.11 Å². The zero-order valence-electron chi connectivity index (χ0n) is 15.7. The quantitative estimate of drug-likeness (QED) is 0.658. The highest BCUT2D eigenvalue weighted by Crippen LogP contribution is 2.23. The van der Waals surface area contributed by atoms with E-state index >= 15 is 0 Å². The summed E-state index contributed by atoms with van der Waals surface area (Å²) in [6.07, 6.45) is 5.08. The summed E-state index contributed by atoms with van der Waals surface area (Å²) in [6, 6.07) is 9.41. The molecule has 0 saturated heterocycles. The fraction of sp³-hybridized carbons (Fsp3) is 0.250. The molecule has 7 heteroatoms. The van der Waals surface area contributed by atoms with E-state index in [0.29, 0.717) is 5.56 Å². The van der Waals surface area contributed by atoms with Gasteiger partial charge in [-0.2, -0.15) is 5.10 Å². The lowest BCUT2D eigenvalue weighted by atomic mass is 10.2. The summed E-state index contributed by atoms with van der Waals surface area (Å²) in [5, 5.41) is 16.9. The van der Waals surface area contributed by atoms with Crippen LogP contribution in [0.3, 0.4) is 0 Å². The molecule has 0 aliphatic carbocycles. The second-order valence-electron chi connectivity index (χ2n) is 5.95. The SMILES string of the molecule is CCN(CC)c1ccc(C=Nn2c(C)csc2=Nc2cccnc2)c(O)c1. The van der Waals surface area contributed by atoms with Crippen LogP contribution in [0.2, 0.25) is 0 Å². The molecule has 0 amide bonds. The molecular formula is C20H23N5OS. The van der Waals surface area contributed by atoms with Gasteiger partial charge in [0.05, 0.1) is 23.8 Å². The second-order valence-corrected chi connectivity index (χ2v) is 6.79. The lowest BCUT2D eigenvalue weighted by Gasteiger charge is -2.21. The smallest absolute Gasteiger partial charge is 0.211 e. The molecule has 0 unspecified atom stereocenters. The lowest BCUT2D eigenvalue weighted by molar-refractivity contribution is 0.474. The third kappa shape index (κ3) is 4.43. The molecule has 0 spiro atoms. The Hall–Kier alpha value is -2.93. The summed E-state index contributed by atoms with van der Waals surface area (Å²) in [7, 11) is 0. The van der Waals surface area contributed by atoms with Crippen molar-refractivity contribution in [3.05, 3.63) is 64.2 Å². The van der Waals surface area contributed by atoms with Gasteiger partial charge in [0.15, 0.2) is 0 Å². The molecule has 3 rings (SSSR count). The maximum Gasteiger partial charge on any atom is 0.211 e. The van der Waals surface area contributed by atoms with Crippen molar-refractivity contribution in [1.82, 2.24) is 9.66 Å². The van der Waals surface area contributed by atoms with E-state index in [1.807, 2.05) is 36.6 Å². The molecule has 1 N–H and O–H groups in total. The Morgan fingerprint density at radius 2 is 2.07 bits per heavy atom. The normalized spacial score (nSPS) is 12.0. The van der Waals surface area contributed by atoms with Gasteiger partial charge in [-0.25, -0.2) is 9.67 Å². The zero-order valence-corrected chi connectivity index (χ0v) is 16.5. The highest BCUT2D eigenvalue weighted by Gasteiger charge is 2.06. The summed E-state index contributed by atoms with van der Waals surface area (Å²) in [6.45, 7) is 7.96. The van der Waals surface area contributed by atoms with Gasteiger partial charge in [-0.15, -0.1) is 11.3 Å². The zero-order chi connectivity index (χ0) is 19.2. The van der Waals surface area contributed by atoms with Crippen molar-refractivity contribution in [3.8, 4) is 5.75 Å². The molecule has 27 heavy (non-hydrogen) atoms. The predicted molar refractivity (Wildman–Crippen MR) is 111 cm³/mol. The number of anilines is 1. The number of phenolic OH excluding ortho intramolecular Hbond substituents is 1. The van der Waals surface area contributed by atoms with Crippen LogP contribution in [0, 0.1) is 6.92 Å². The third-order valence-electron chi connectivity index (χ3n) is 4.18. The van der Waals surface area contributed by atoms with Gasteiger partial charge in [0.2, 0.25) is 4.80 Å². The van der Waals surface area contributed by atoms with Gasteiger partial charge in [0, 0.05) is 42.0 Å². The molecule has 0 fully saturated rings. The number of rotatable bonds is 6. The first-order chi connectivity index (χ1) is 13.1. The average Bonchev–Trinajstić information content (AvgIpc) is 3.02. The summed E-state index contributed by atoms with van der Waals surface area (Å²) in [4.78, 5) is 11.6. The molecule has 0 radical (unpaired) electrons. The second kappa shape index (κ2) is 8.64. The van der Waals surface area contributed by atoms with E-state index in [4.69, 9.17) is 0 Å². The Balaban J connectivity index is 1.91. The van der Waals surface area contributed by atoms with Crippen LogP contribution in [-0.4, -0.2) is 34.1 Å². The Labute approximate surface area is 162 Å². The molecule has 0 bridgehead atoms. The van der Waals surface area contributed by atoms with Gasteiger partial charge in [0.25, 0.3) is 0 Å². The van der Waals surface area contributed by atoms with Crippen LogP contribution in [-0.2, 0) is 0 Å². The number of benzene rings is 1. The lowest BCUT2D eigenvalue weighted by Crippen LogP contribution is -2.21. The van der Waals surface area contributed by atoms with Crippen LogP contribution < -0.4 is 9.70 Å². The number of hydrogen-bond donors (Lipinski definition) is 1. The number of aryl methyl sites for hydroxylation is 1. The van der Waals surface area contributed by atoms with Crippen molar-refractivity contribution in [2.45, 2.75) is 20.8 Å². The van der Waals surface area contributed by atoms with Gasteiger partial charge >= 0.3 is 0 Å². The molecule has 140 valence electrons. The number of aromatic hydroxyl groups is 1. The Morgan fingerprint density at radius 3 is 2.74 bits per heavy atom. The van der Waals surface area contributed by atoms with Crippen LogP contribution in [0.15, 0.2) is 58.2 Å². The predicted octanol–water partition coefficient (Wildman–Crippen LogP) is 3.92. The molecule has 0 aliphatic heterocycles. The minimum Gasteiger partial charge on any atom is -0.507 e. The molecule has 0 saturated carbocycles. The van der Waals surface area contributed by atoms with Crippen LogP contribution in [0.5, 0.6) is 5.75 Å². The highest BCUT2D eigenvalue weighted by atomic mass is 32.1. The fourth-order valence-electron chi connectivity index (χ4n) is 2.68. The van der Waals surface area contributed by atoms with Gasteiger partial charge in [-0.05, 0) is 45.0 Å². The highest BCUT2D eigenvalue weighted by molar-refractivity contribution is 7.07. The molecule has 2 heterocycles. The van der Waals surface area contributed by atoms with Gasteiger partial charge in [0.1, 0.15) is 5.75 Å². The number of pyridine rings is 1. The number of phenols is 1. The van der Waals surface area contributed by atoms with E-state index in [9.17, 15) is 5.11 Å². The average molecular weight is 382 g/mol. The van der Waals surface area contributed by atoms with Gasteiger partial charge in [-0.3, -0.25) is 4.98 Å². The number of nitrogens with zero attached hydrogens (tertiary/aromatic N) is 5. The molecule has 0 atom stereocenters. The van der Waals surface area contributed by atoms with Crippen LogP contribution in [0.25, 0.3) is 0 Å². The van der Waals surface area contributed by atoms with Crippen LogP contribution >= 0.6 is 11.3 Å². The topological polar surface area (TPSA) is 66.0 Å². The minimum absolute atomic E-state index is 0.211. The van der Waals surface area contributed by atoms with Crippen molar-refractivity contribution in [3.63, 3.8) is 0 Å². The Kier molecular flexibility index (Phi) is 6.03. The largest absolute Gasteiger partial charge is 0.507 e. The minimum atomic E-state index is 0.211. The maximum atomic E-state index is 10.4. The van der Waals surface area contributed by atoms with Gasteiger partial charge in [-0.1, -0.05) is 0 Å². The Bertz CT molecular complexity index is 987. The van der Waals surface area contributed by atoms with Crippen molar-refractivity contribution in [2.75, 3.05) is 18.0 Å². The summed E-state index contributed by atoms with van der Waals surface area (Å²) >= 11 is 1.51. The standard InChI is InChI=1S/C20H23N5OS/c1-4-24(5-2)18-9-8-16(19(26)11-18)12-22-25-15(3)14-27-20(25)23-17-7-6-10-21-13-17/h6-14,26H,4-5H2,1-3H3. The molecule has 2 aromatic heterocycles. The number of thiazole rings is 1. The first kappa shape index (κ1) is 18.8. The van der Waals surface area contributed by atoms with E-state index in [1.54, 1.807) is 29.4 Å². The first-order valence-corrected chi connectivity index (χ1v) is 9.74. The molecule has 6 nitrogen and oxygen atoms in total. The van der Waals surface area contributed by atoms with E-state index in [1.165, 1.54) is 11.3 Å². The van der Waals surface area contributed by atoms with E-state index in [-0.39, 0.29) is 5.75 Å². The van der Waals surface area contributed by atoms with Crippen molar-refractivity contribution >= 4 is 28.9 Å². The fourth-order valence-corrected chi connectivity index (χ4v) is 3.50. The summed E-state index contributed by atoms with van der Waals surface area (Å²) in [5.74, 6) is 0.211. The Morgan fingerprint density at radius 1 is 1.26 bits per heavy atom. The maximum absolute atomic E-state index is 10.4. The number of hydrogen-bond acceptors (Lipinski definition) is 6. The molecular weight excluding hydrogens is 358 g/mol. The van der Waals surface area contributed by atoms with Crippen molar-refractivity contribution in [2.24, 2.45) is 10.1 Å². The van der Waals surface area contributed by atoms with E-state index < -0.39 is 0 Å².